The van der Waals surface area contributed by atoms with E-state index in [-0.39, 0.29) is 18.5 Å². The van der Waals surface area contributed by atoms with Crippen LogP contribution in [0.5, 0.6) is 11.5 Å². The summed E-state index contributed by atoms with van der Waals surface area (Å²) in [7, 11) is 3.14. The van der Waals surface area contributed by atoms with E-state index in [1.165, 1.54) is 0 Å². The minimum Gasteiger partial charge on any atom is -0.497 e. The van der Waals surface area contributed by atoms with Gasteiger partial charge in [-0.25, -0.2) is 0 Å². The summed E-state index contributed by atoms with van der Waals surface area (Å²) in [6.07, 6.45) is 0. The summed E-state index contributed by atoms with van der Waals surface area (Å²) in [4.78, 5) is 12.1. The van der Waals surface area contributed by atoms with Gasteiger partial charge in [0.05, 0.1) is 26.5 Å². The smallest absolute Gasteiger partial charge is 0.238 e. The van der Waals surface area contributed by atoms with E-state index < -0.39 is 0 Å². The predicted octanol–water partition coefficient (Wildman–Crippen LogP) is 2.99. The molecule has 0 heterocycles. The number of carbonyl (C=O) groups is 1. The SMILES string of the molecule is COc1ccc(OC)c(NC(=O)CN[C@@H](C)c2ccccc2)c1. The van der Waals surface area contributed by atoms with Gasteiger partial charge in [-0.05, 0) is 24.6 Å². The minimum atomic E-state index is -0.140. The first-order valence-corrected chi connectivity index (χ1v) is 7.44. The Hall–Kier alpha value is -2.53. The number of rotatable bonds is 7. The topological polar surface area (TPSA) is 59.6 Å². The first kappa shape index (κ1) is 16.8. The molecule has 0 aliphatic rings. The van der Waals surface area contributed by atoms with E-state index >= 15 is 0 Å². The van der Waals surface area contributed by atoms with E-state index in [4.69, 9.17) is 9.47 Å². The molecule has 2 aromatic carbocycles. The van der Waals surface area contributed by atoms with Crippen molar-refractivity contribution in [2.75, 3.05) is 26.1 Å². The van der Waals surface area contributed by atoms with Crippen molar-refractivity contribution in [1.82, 2.24) is 5.32 Å². The van der Waals surface area contributed by atoms with Crippen LogP contribution in [-0.4, -0.2) is 26.7 Å². The average Bonchev–Trinajstić information content (AvgIpc) is 2.60. The van der Waals surface area contributed by atoms with Gasteiger partial charge in [0.2, 0.25) is 5.91 Å². The van der Waals surface area contributed by atoms with Crippen LogP contribution in [0.3, 0.4) is 0 Å². The monoisotopic (exact) mass is 314 g/mol. The van der Waals surface area contributed by atoms with Crippen molar-refractivity contribution in [3.63, 3.8) is 0 Å². The number of amides is 1. The fourth-order valence-corrected chi connectivity index (χ4v) is 2.21. The molecule has 5 heteroatoms. The minimum absolute atomic E-state index is 0.0918. The molecule has 0 unspecified atom stereocenters. The summed E-state index contributed by atoms with van der Waals surface area (Å²) in [5.41, 5.74) is 1.73. The van der Waals surface area contributed by atoms with Gasteiger partial charge in [-0.2, -0.15) is 0 Å². The van der Waals surface area contributed by atoms with E-state index in [1.54, 1.807) is 32.4 Å². The van der Waals surface area contributed by atoms with Crippen molar-refractivity contribution in [1.29, 1.82) is 0 Å². The zero-order valence-electron chi connectivity index (χ0n) is 13.6. The first-order valence-electron chi connectivity index (χ1n) is 7.44. The number of nitrogens with one attached hydrogen (secondary N) is 2. The van der Waals surface area contributed by atoms with Crippen LogP contribution in [0.4, 0.5) is 5.69 Å². The molecule has 0 radical (unpaired) electrons. The van der Waals surface area contributed by atoms with Crippen LogP contribution < -0.4 is 20.1 Å². The molecule has 0 bridgehead atoms. The van der Waals surface area contributed by atoms with Crippen LogP contribution in [-0.2, 0) is 4.79 Å². The van der Waals surface area contributed by atoms with Gasteiger partial charge in [0, 0.05) is 12.1 Å². The number of methoxy groups -OCH3 is 2. The highest BCUT2D eigenvalue weighted by Crippen LogP contribution is 2.28. The van der Waals surface area contributed by atoms with Crippen LogP contribution in [0.1, 0.15) is 18.5 Å². The lowest BCUT2D eigenvalue weighted by molar-refractivity contribution is -0.115. The Morgan fingerprint density at radius 2 is 1.83 bits per heavy atom. The third kappa shape index (κ3) is 4.72. The molecule has 0 fully saturated rings. The van der Waals surface area contributed by atoms with Crippen molar-refractivity contribution >= 4 is 11.6 Å². The van der Waals surface area contributed by atoms with Crippen LogP contribution in [0.2, 0.25) is 0 Å². The number of hydrogen-bond donors (Lipinski definition) is 2. The summed E-state index contributed by atoms with van der Waals surface area (Å²) in [5, 5.41) is 6.04. The van der Waals surface area contributed by atoms with Crippen molar-refractivity contribution in [2.24, 2.45) is 0 Å². The Labute approximate surface area is 136 Å². The molecule has 1 atom stereocenters. The van der Waals surface area contributed by atoms with Crippen molar-refractivity contribution in [3.8, 4) is 11.5 Å². The van der Waals surface area contributed by atoms with E-state index in [0.717, 1.165) is 5.56 Å². The molecule has 2 N–H and O–H groups in total. The number of hydrogen-bond acceptors (Lipinski definition) is 4. The third-order valence-electron chi connectivity index (χ3n) is 3.55. The lowest BCUT2D eigenvalue weighted by atomic mass is 10.1. The standard InChI is InChI=1S/C18H22N2O3/c1-13(14-7-5-4-6-8-14)19-12-18(21)20-16-11-15(22-2)9-10-17(16)23-3/h4-11,13,19H,12H2,1-3H3,(H,20,21)/t13-/m0/s1. The maximum Gasteiger partial charge on any atom is 0.238 e. The summed E-state index contributed by atoms with van der Waals surface area (Å²) in [6, 6.07) is 15.4. The molecule has 2 aromatic rings. The molecule has 0 saturated heterocycles. The molecule has 122 valence electrons. The van der Waals surface area contributed by atoms with Crippen LogP contribution in [0.25, 0.3) is 0 Å². The van der Waals surface area contributed by atoms with E-state index in [2.05, 4.69) is 10.6 Å². The lowest BCUT2D eigenvalue weighted by Crippen LogP contribution is -2.30. The number of anilines is 1. The molecule has 0 aliphatic heterocycles. The molecule has 2 rings (SSSR count). The van der Waals surface area contributed by atoms with Crippen molar-refractivity contribution < 1.29 is 14.3 Å². The van der Waals surface area contributed by atoms with E-state index in [1.807, 2.05) is 37.3 Å². The second kappa shape index (κ2) is 8.19. The third-order valence-corrected chi connectivity index (χ3v) is 3.55. The van der Waals surface area contributed by atoms with Crippen LogP contribution in [0, 0.1) is 0 Å². The quantitative estimate of drug-likeness (QED) is 0.825. The van der Waals surface area contributed by atoms with E-state index in [9.17, 15) is 4.79 Å². The molecule has 0 saturated carbocycles. The maximum atomic E-state index is 12.1. The molecule has 1 amide bonds. The predicted molar refractivity (Wildman–Crippen MR) is 91.0 cm³/mol. The van der Waals surface area contributed by atoms with Gasteiger partial charge in [-0.3, -0.25) is 4.79 Å². The molecule has 5 nitrogen and oxygen atoms in total. The molecule has 0 aliphatic carbocycles. The van der Waals surface area contributed by atoms with Crippen molar-refractivity contribution in [3.05, 3.63) is 54.1 Å². The molecule has 0 spiro atoms. The number of benzene rings is 2. The highest BCUT2D eigenvalue weighted by atomic mass is 16.5. The highest BCUT2D eigenvalue weighted by Gasteiger charge is 2.11. The molecule has 23 heavy (non-hydrogen) atoms. The number of carbonyl (C=O) groups excluding carboxylic acids is 1. The maximum absolute atomic E-state index is 12.1. The van der Waals surface area contributed by atoms with Gasteiger partial charge in [0.25, 0.3) is 0 Å². The first-order chi connectivity index (χ1) is 11.1. The Morgan fingerprint density at radius 1 is 1.09 bits per heavy atom. The summed E-state index contributed by atoms with van der Waals surface area (Å²) >= 11 is 0. The van der Waals surface area contributed by atoms with Gasteiger partial charge < -0.3 is 20.1 Å². The largest absolute Gasteiger partial charge is 0.497 e. The van der Waals surface area contributed by atoms with Gasteiger partial charge in [0.1, 0.15) is 11.5 Å². The Morgan fingerprint density at radius 3 is 2.48 bits per heavy atom. The fourth-order valence-electron chi connectivity index (χ4n) is 2.21. The normalized spacial score (nSPS) is 11.6. The summed E-state index contributed by atoms with van der Waals surface area (Å²) in [5.74, 6) is 1.11. The van der Waals surface area contributed by atoms with Crippen LogP contribution >= 0.6 is 0 Å². The Kier molecular flexibility index (Phi) is 6.00. The van der Waals surface area contributed by atoms with Gasteiger partial charge in [-0.15, -0.1) is 0 Å². The van der Waals surface area contributed by atoms with Gasteiger partial charge in [-0.1, -0.05) is 30.3 Å². The van der Waals surface area contributed by atoms with Crippen LogP contribution in [0.15, 0.2) is 48.5 Å². The zero-order valence-corrected chi connectivity index (χ0v) is 13.6. The second-order valence-corrected chi connectivity index (χ2v) is 5.13. The summed E-state index contributed by atoms with van der Waals surface area (Å²) in [6.45, 7) is 2.23. The number of ether oxygens (including phenoxy) is 2. The second-order valence-electron chi connectivity index (χ2n) is 5.13. The average molecular weight is 314 g/mol. The van der Waals surface area contributed by atoms with Gasteiger partial charge in [0.15, 0.2) is 0 Å². The molecule has 0 aromatic heterocycles. The lowest BCUT2D eigenvalue weighted by Gasteiger charge is -2.15. The highest BCUT2D eigenvalue weighted by molar-refractivity contribution is 5.94. The zero-order chi connectivity index (χ0) is 16.7. The van der Waals surface area contributed by atoms with Gasteiger partial charge >= 0.3 is 0 Å². The Balaban J connectivity index is 1.94. The molecular weight excluding hydrogens is 292 g/mol. The fraction of sp³-hybridized carbons (Fsp3) is 0.278. The Bertz CT molecular complexity index is 644. The van der Waals surface area contributed by atoms with Crippen molar-refractivity contribution in [2.45, 2.75) is 13.0 Å². The summed E-state index contributed by atoms with van der Waals surface area (Å²) < 4.78 is 10.4. The molecular formula is C18H22N2O3. The van der Waals surface area contributed by atoms with E-state index in [0.29, 0.717) is 17.2 Å².